The predicted molar refractivity (Wildman–Crippen MR) is 115 cm³/mol. The van der Waals surface area contributed by atoms with E-state index in [0.29, 0.717) is 30.1 Å². The Morgan fingerprint density at radius 1 is 1.17 bits per heavy atom. The number of aromatic nitrogens is 1. The number of nitrogens with one attached hydrogen (secondary N) is 1. The number of amides is 1. The number of hydrogen-bond donors (Lipinski definition) is 1. The Morgan fingerprint density at radius 2 is 1.97 bits per heavy atom. The molecule has 2 aromatic carbocycles. The van der Waals surface area contributed by atoms with Crippen molar-refractivity contribution in [3.05, 3.63) is 60.2 Å². The van der Waals surface area contributed by atoms with Crippen molar-refractivity contribution in [3.8, 4) is 5.88 Å². The van der Waals surface area contributed by atoms with E-state index in [9.17, 15) is 13.2 Å². The van der Waals surface area contributed by atoms with Crippen molar-refractivity contribution in [1.29, 1.82) is 0 Å². The standard InChI is InChI=1S/C22H23N3O4S/c1-15-13-18(23-16(2)26)8-9-21(15)30(27,28)25-12-11-19(14-25)29-22-10-7-17-5-3-4-6-20(17)24-22/h3-10,13,19H,11-12,14H2,1-2H3,(H,23,26). The van der Waals surface area contributed by atoms with E-state index in [1.807, 2.05) is 36.4 Å². The number of anilines is 1. The van der Waals surface area contributed by atoms with E-state index in [4.69, 9.17) is 4.74 Å². The van der Waals surface area contributed by atoms with Crippen LogP contribution < -0.4 is 10.1 Å². The van der Waals surface area contributed by atoms with Crippen molar-refractivity contribution in [1.82, 2.24) is 9.29 Å². The summed E-state index contributed by atoms with van der Waals surface area (Å²) >= 11 is 0. The van der Waals surface area contributed by atoms with Crippen LogP contribution in [0, 0.1) is 6.92 Å². The minimum atomic E-state index is -3.65. The number of rotatable bonds is 5. The number of benzene rings is 2. The lowest BCUT2D eigenvalue weighted by molar-refractivity contribution is -0.114. The second kappa shape index (κ2) is 8.04. The van der Waals surface area contributed by atoms with E-state index in [-0.39, 0.29) is 23.5 Å². The number of carbonyl (C=O) groups excluding carboxylic acids is 1. The van der Waals surface area contributed by atoms with Gasteiger partial charge in [-0.1, -0.05) is 18.2 Å². The van der Waals surface area contributed by atoms with Gasteiger partial charge in [-0.3, -0.25) is 4.79 Å². The van der Waals surface area contributed by atoms with Crippen LogP contribution in [-0.4, -0.2) is 42.8 Å². The molecule has 1 aliphatic rings. The summed E-state index contributed by atoms with van der Waals surface area (Å²) in [5.41, 5.74) is 2.00. The molecular formula is C22H23N3O4S. The Morgan fingerprint density at radius 3 is 2.73 bits per heavy atom. The van der Waals surface area contributed by atoms with Gasteiger partial charge in [0.05, 0.1) is 17.0 Å². The molecule has 0 saturated carbocycles. The highest BCUT2D eigenvalue weighted by molar-refractivity contribution is 7.89. The largest absolute Gasteiger partial charge is 0.473 e. The van der Waals surface area contributed by atoms with Crippen molar-refractivity contribution in [2.75, 3.05) is 18.4 Å². The zero-order valence-electron chi connectivity index (χ0n) is 16.8. The lowest BCUT2D eigenvalue weighted by Crippen LogP contribution is -2.31. The molecule has 4 rings (SSSR count). The minimum absolute atomic E-state index is 0.202. The first-order chi connectivity index (χ1) is 14.3. The van der Waals surface area contributed by atoms with Crippen molar-refractivity contribution in [2.45, 2.75) is 31.3 Å². The molecule has 1 saturated heterocycles. The molecule has 1 atom stereocenters. The molecule has 30 heavy (non-hydrogen) atoms. The Hall–Kier alpha value is -2.97. The number of fused-ring (bicyclic) bond motifs is 1. The van der Waals surface area contributed by atoms with Crippen LogP contribution in [0.2, 0.25) is 0 Å². The van der Waals surface area contributed by atoms with E-state index < -0.39 is 10.0 Å². The highest BCUT2D eigenvalue weighted by atomic mass is 32.2. The fourth-order valence-corrected chi connectivity index (χ4v) is 5.35. The van der Waals surface area contributed by atoms with Crippen LogP contribution in [0.15, 0.2) is 59.5 Å². The minimum Gasteiger partial charge on any atom is -0.473 e. The fourth-order valence-electron chi connectivity index (χ4n) is 3.65. The van der Waals surface area contributed by atoms with Crippen molar-refractivity contribution in [2.24, 2.45) is 0 Å². The second-order valence-corrected chi connectivity index (χ2v) is 9.30. The van der Waals surface area contributed by atoms with Crippen LogP contribution >= 0.6 is 0 Å². The maximum absolute atomic E-state index is 13.1. The lowest BCUT2D eigenvalue weighted by atomic mass is 10.2. The van der Waals surface area contributed by atoms with Gasteiger partial charge in [0.1, 0.15) is 6.10 Å². The number of para-hydroxylation sites is 1. The molecule has 1 N–H and O–H groups in total. The summed E-state index contributed by atoms with van der Waals surface area (Å²) in [5, 5.41) is 3.69. The average Bonchev–Trinajstić information content (AvgIpc) is 3.16. The topological polar surface area (TPSA) is 88.6 Å². The van der Waals surface area contributed by atoms with Gasteiger partial charge in [-0.2, -0.15) is 4.31 Å². The highest BCUT2D eigenvalue weighted by Crippen LogP contribution is 2.27. The zero-order valence-corrected chi connectivity index (χ0v) is 17.6. The maximum atomic E-state index is 13.1. The van der Waals surface area contributed by atoms with Crippen LogP contribution in [-0.2, 0) is 14.8 Å². The van der Waals surface area contributed by atoms with Gasteiger partial charge in [0, 0.05) is 30.6 Å². The van der Waals surface area contributed by atoms with Gasteiger partial charge in [0.15, 0.2) is 0 Å². The smallest absolute Gasteiger partial charge is 0.243 e. The van der Waals surface area contributed by atoms with Crippen LogP contribution in [0.3, 0.4) is 0 Å². The van der Waals surface area contributed by atoms with Gasteiger partial charge in [-0.25, -0.2) is 13.4 Å². The molecule has 1 aliphatic heterocycles. The zero-order chi connectivity index (χ0) is 21.3. The second-order valence-electron chi connectivity index (χ2n) is 7.40. The Bertz CT molecular complexity index is 1210. The predicted octanol–water partition coefficient (Wildman–Crippen LogP) is 3.34. The molecule has 1 fully saturated rings. The third-order valence-corrected chi connectivity index (χ3v) is 7.11. The van der Waals surface area contributed by atoms with E-state index in [2.05, 4.69) is 10.3 Å². The number of ether oxygens (including phenoxy) is 1. The first-order valence-corrected chi connectivity index (χ1v) is 11.2. The Labute approximate surface area is 175 Å². The van der Waals surface area contributed by atoms with Crippen molar-refractivity contribution in [3.63, 3.8) is 0 Å². The van der Waals surface area contributed by atoms with Gasteiger partial charge in [0.2, 0.25) is 21.8 Å². The van der Waals surface area contributed by atoms with Crippen LogP contribution in [0.5, 0.6) is 5.88 Å². The summed E-state index contributed by atoms with van der Waals surface area (Å²) in [4.78, 5) is 16.0. The quantitative estimate of drug-likeness (QED) is 0.677. The maximum Gasteiger partial charge on any atom is 0.243 e. The number of hydrogen-bond acceptors (Lipinski definition) is 5. The van der Waals surface area contributed by atoms with E-state index in [0.717, 1.165) is 10.9 Å². The van der Waals surface area contributed by atoms with Gasteiger partial charge >= 0.3 is 0 Å². The van der Waals surface area contributed by atoms with Crippen LogP contribution in [0.1, 0.15) is 18.9 Å². The third kappa shape index (κ3) is 4.15. The average molecular weight is 426 g/mol. The lowest BCUT2D eigenvalue weighted by Gasteiger charge is -2.19. The molecule has 1 amide bonds. The van der Waals surface area contributed by atoms with Crippen LogP contribution in [0.25, 0.3) is 10.9 Å². The monoisotopic (exact) mass is 425 g/mol. The molecule has 7 nitrogen and oxygen atoms in total. The molecule has 1 aromatic heterocycles. The van der Waals surface area contributed by atoms with Gasteiger partial charge < -0.3 is 10.1 Å². The molecule has 0 bridgehead atoms. The number of sulfonamides is 1. The molecule has 2 heterocycles. The first-order valence-electron chi connectivity index (χ1n) is 9.74. The van der Waals surface area contributed by atoms with Crippen LogP contribution in [0.4, 0.5) is 5.69 Å². The molecule has 3 aromatic rings. The SMILES string of the molecule is CC(=O)Nc1ccc(S(=O)(=O)N2CCC(Oc3ccc4ccccc4n3)C2)c(C)c1. The van der Waals surface area contributed by atoms with E-state index in [1.54, 1.807) is 19.1 Å². The first kappa shape index (κ1) is 20.3. The van der Waals surface area contributed by atoms with E-state index in [1.165, 1.54) is 17.3 Å². The fraction of sp³-hybridized carbons (Fsp3) is 0.273. The summed E-state index contributed by atoms with van der Waals surface area (Å²) in [6, 6.07) is 16.3. The van der Waals surface area contributed by atoms with Gasteiger partial charge in [0.25, 0.3) is 0 Å². The summed E-state index contributed by atoms with van der Waals surface area (Å²) in [7, 11) is -3.65. The number of aryl methyl sites for hydroxylation is 1. The third-order valence-electron chi connectivity index (χ3n) is 5.08. The molecule has 156 valence electrons. The molecular weight excluding hydrogens is 402 g/mol. The van der Waals surface area contributed by atoms with Crippen molar-refractivity contribution >= 4 is 32.5 Å². The molecule has 8 heteroatoms. The highest BCUT2D eigenvalue weighted by Gasteiger charge is 2.34. The Balaban J connectivity index is 1.48. The molecule has 0 aliphatic carbocycles. The Kier molecular flexibility index (Phi) is 5.44. The normalized spacial score (nSPS) is 17.2. The van der Waals surface area contributed by atoms with E-state index >= 15 is 0 Å². The van der Waals surface area contributed by atoms with Gasteiger partial charge in [-0.15, -0.1) is 0 Å². The summed E-state index contributed by atoms with van der Waals surface area (Å²) in [5.74, 6) is 0.292. The molecule has 0 spiro atoms. The molecule has 1 unspecified atom stereocenters. The summed E-state index contributed by atoms with van der Waals surface area (Å²) in [6.45, 7) is 3.78. The number of pyridine rings is 1. The summed E-state index contributed by atoms with van der Waals surface area (Å²) in [6.07, 6.45) is 0.337. The number of carbonyl (C=O) groups is 1. The number of nitrogens with zero attached hydrogens (tertiary/aromatic N) is 2. The molecule has 0 radical (unpaired) electrons. The van der Waals surface area contributed by atoms with Crippen molar-refractivity contribution < 1.29 is 17.9 Å². The van der Waals surface area contributed by atoms with Gasteiger partial charge in [-0.05, 0) is 49.2 Å². The summed E-state index contributed by atoms with van der Waals surface area (Å²) < 4.78 is 33.7.